The number of aromatic hydroxyl groups is 2. The third kappa shape index (κ3) is 21.0. The first kappa shape index (κ1) is 70.0. The number of carboxylic acid groups (broad SMARTS) is 2. The van der Waals surface area contributed by atoms with Gasteiger partial charge in [-0.15, -0.1) is 0 Å². The van der Waals surface area contributed by atoms with E-state index in [1.165, 1.54) is 87.5 Å². The second-order valence-corrected chi connectivity index (χ2v) is 29.1. The lowest BCUT2D eigenvalue weighted by atomic mass is 9.88. The number of benzene rings is 2. The van der Waals surface area contributed by atoms with Crippen molar-refractivity contribution in [2.75, 3.05) is 47.6 Å². The van der Waals surface area contributed by atoms with Gasteiger partial charge in [0, 0.05) is 71.9 Å². The molecule has 4 aliphatic heterocycles. The van der Waals surface area contributed by atoms with Gasteiger partial charge in [-0.1, -0.05) is 89.0 Å². The van der Waals surface area contributed by atoms with Crippen molar-refractivity contribution >= 4 is 130 Å². The average molecular weight is 1310 g/mol. The Balaban J connectivity index is 1.57. The second kappa shape index (κ2) is 34.6. The van der Waals surface area contributed by atoms with Gasteiger partial charge in [0.05, 0.1) is 55.3 Å². The molecule has 25 nitrogen and oxygen atoms in total. The number of carbonyl (C=O) groups excluding carboxylic acids is 9. The molecule has 2 aromatic carbocycles. The van der Waals surface area contributed by atoms with Crippen LogP contribution in [0.1, 0.15) is 63.5 Å². The number of nitrogens with zero attached hydrogens (tertiary/aromatic N) is 1. The van der Waals surface area contributed by atoms with Crippen LogP contribution in [-0.4, -0.2) is 216 Å². The van der Waals surface area contributed by atoms with Crippen molar-refractivity contribution in [1.29, 1.82) is 0 Å². The highest BCUT2D eigenvalue weighted by Gasteiger charge is 2.44. The van der Waals surface area contributed by atoms with Gasteiger partial charge in [0.1, 0.15) is 35.9 Å². The van der Waals surface area contributed by atoms with Crippen molar-refractivity contribution < 1.29 is 78.3 Å². The predicted molar refractivity (Wildman–Crippen MR) is 331 cm³/mol. The van der Waals surface area contributed by atoms with E-state index in [0.29, 0.717) is 17.5 Å². The van der Waals surface area contributed by atoms with Gasteiger partial charge in [-0.3, -0.25) is 58.6 Å². The number of phenolic OH excluding ortho intramolecular Hbond substituents is 2. The maximum Gasteiger partial charge on any atom is 0.321 e. The highest BCUT2D eigenvalue weighted by atomic mass is 33.1. The van der Waals surface area contributed by atoms with Gasteiger partial charge in [0.2, 0.25) is 29.5 Å². The zero-order chi connectivity index (χ0) is 62.6. The normalized spacial score (nSPS) is 29.3. The molecule has 0 radical (unpaired) electrons. The highest BCUT2D eigenvalue weighted by Crippen LogP contribution is 2.35. The number of primary amides is 1. The number of aliphatic hydroxyl groups excluding tert-OH is 1. The third-order valence-corrected chi connectivity index (χ3v) is 22.6. The number of hydrogen-bond acceptors (Lipinski definition) is 24. The van der Waals surface area contributed by atoms with Crippen LogP contribution in [0.4, 0.5) is 0 Å². The summed E-state index contributed by atoms with van der Waals surface area (Å²) in [5.74, 6) is -10.6. The molecule has 4 heterocycles. The number of amides is 5. The molecule has 0 aliphatic carbocycles. The van der Waals surface area contributed by atoms with E-state index in [-0.39, 0.29) is 84.7 Å². The number of carboxylic acids is 2. The molecule has 0 aromatic heterocycles. The van der Waals surface area contributed by atoms with Gasteiger partial charge < -0.3 is 67.5 Å². The highest BCUT2D eigenvalue weighted by molar-refractivity contribution is 8.77. The van der Waals surface area contributed by atoms with Crippen LogP contribution < -0.4 is 43.0 Å². The largest absolute Gasteiger partial charge is 0.508 e. The summed E-state index contributed by atoms with van der Waals surface area (Å²) in [4.78, 5) is 156. The molecule has 6 rings (SSSR count). The molecule has 31 heteroatoms. The van der Waals surface area contributed by atoms with Gasteiger partial charge in [-0.2, -0.15) is 0 Å². The maximum absolute atomic E-state index is 15.9. The first-order valence-electron chi connectivity index (χ1n) is 28.0. The molecule has 0 spiro atoms. The summed E-state index contributed by atoms with van der Waals surface area (Å²) in [7, 11) is 7.07. The molecule has 14 atom stereocenters. The summed E-state index contributed by atoms with van der Waals surface area (Å²) < 4.78 is 0. The SMILES string of the molecule is C[C@@H]1NC(=O)[C@@H]2CCCN2C(=O)[C@H](CC(N)=O)NC2CSSCC(CC=O)C3CSSCC(N[C@@H]([C@@H](C)O)C(=O)NCC(=O)C(N[C@@H](Cc4ccc(O)cc4)C(=O)O)CSSCC2C(=O)[C@H](Cc2ccc(O)cc2)NC(=O)[C@H](CCC(=O)O)N3)C1=O. The fourth-order valence-electron chi connectivity index (χ4n) is 10.3. The number of aliphatic hydroxyl groups is 1. The number of phenols is 2. The zero-order valence-electron chi connectivity index (χ0n) is 47.3. The number of aliphatic carboxylic acids is 2. The molecular formula is C55H75N9O16S6. The lowest BCUT2D eigenvalue weighted by Gasteiger charge is -2.36. The first-order chi connectivity index (χ1) is 41.0. The molecule has 86 heavy (non-hydrogen) atoms. The van der Waals surface area contributed by atoms with Gasteiger partial charge in [0.25, 0.3) is 0 Å². The fourth-order valence-corrected chi connectivity index (χ4v) is 18.2. The van der Waals surface area contributed by atoms with Crippen molar-refractivity contribution in [3.63, 3.8) is 0 Å². The van der Waals surface area contributed by atoms with Crippen LogP contribution in [-0.2, 0) is 65.6 Å². The molecule has 2 aromatic rings. The van der Waals surface area contributed by atoms with E-state index in [9.17, 15) is 63.9 Å². The molecule has 6 unspecified atom stereocenters. The monoisotopic (exact) mass is 1310 g/mol. The summed E-state index contributed by atoms with van der Waals surface area (Å²) >= 11 is 0. The number of Topliss-reactive ketones (excluding diaryl/α,β-unsaturated/α-hetero) is 3. The van der Waals surface area contributed by atoms with E-state index in [2.05, 4.69) is 37.2 Å². The Kier molecular flexibility index (Phi) is 28.2. The average Bonchev–Trinajstić information content (AvgIpc) is 4.07. The fraction of sp³-hybridized carbons (Fsp3) is 0.582. The van der Waals surface area contributed by atoms with E-state index >= 15 is 14.4 Å². The van der Waals surface area contributed by atoms with Gasteiger partial charge >= 0.3 is 11.9 Å². The van der Waals surface area contributed by atoms with E-state index in [1.54, 1.807) is 12.1 Å². The van der Waals surface area contributed by atoms with Gasteiger partial charge in [-0.25, -0.2) is 0 Å². The Morgan fingerprint density at radius 3 is 2.00 bits per heavy atom. The molecule has 3 bridgehead atoms. The minimum Gasteiger partial charge on any atom is -0.508 e. The van der Waals surface area contributed by atoms with Crippen LogP contribution in [0.25, 0.3) is 0 Å². The number of carbonyl (C=O) groups is 11. The van der Waals surface area contributed by atoms with Crippen molar-refractivity contribution in [3.05, 3.63) is 59.7 Å². The van der Waals surface area contributed by atoms with E-state index < -0.39 is 163 Å². The molecule has 5 amide bonds. The molecule has 0 saturated carbocycles. The van der Waals surface area contributed by atoms with Crippen LogP contribution in [0, 0.1) is 11.8 Å². The van der Waals surface area contributed by atoms with Crippen LogP contribution >= 0.6 is 64.8 Å². The molecular weight excluding hydrogens is 1240 g/mol. The molecule has 4 saturated heterocycles. The van der Waals surface area contributed by atoms with Crippen molar-refractivity contribution in [1.82, 2.24) is 42.1 Å². The number of nitrogens with two attached hydrogens (primary N) is 1. The van der Waals surface area contributed by atoms with E-state index in [0.717, 1.165) is 38.7 Å². The number of nitrogens with one attached hydrogen (secondary N) is 7. The number of rotatable bonds is 15. The Morgan fingerprint density at radius 2 is 1.36 bits per heavy atom. The summed E-state index contributed by atoms with van der Waals surface area (Å²) in [5.41, 5.74) is 6.85. The zero-order valence-corrected chi connectivity index (χ0v) is 52.2. The van der Waals surface area contributed by atoms with Crippen molar-refractivity contribution in [2.24, 2.45) is 17.6 Å². The Hall–Kier alpha value is -5.09. The standard InChI is InChI=1S/C55H75N9O16S6/c1-28-49(73)43-27-86-83-24-40-32(15-17-65)22-81-84-25-41(60-38(20-46(56)70)54(78)64-16-3-4-44(64)52(76)58-28)35(50(74)37(18-30-5-9-33(67)10-6-30)63-51(75)36(59-40)13-14-47(71)72)23-82-85-26-42(45(69)21-57-53(77)48(62-43)29(2)66)61-39(55(79)80)19-31-7-11-34(68)12-8-31/h5-12,17,28-29,32,35-44,48,59-62,66-68H,3-4,13-16,18-27H2,1-2H3,(H2,56,70)(H,57,77)(H,58,76)(H,63,75)(H,71,72)(H,79,80)/t28-,29+,32?,35?,36-,37-,38-,39-,40?,41?,42?,43?,44-,48-/m0/s1. The van der Waals surface area contributed by atoms with Crippen LogP contribution in [0.5, 0.6) is 11.5 Å². The Labute approximate surface area is 521 Å². The minimum absolute atomic E-state index is 0.0256. The quantitative estimate of drug-likeness (QED) is 0.0837. The number of fused-ring (bicyclic) bond motifs is 11. The maximum atomic E-state index is 15.9. The smallest absolute Gasteiger partial charge is 0.321 e. The van der Waals surface area contributed by atoms with Crippen LogP contribution in [0.3, 0.4) is 0 Å². The third-order valence-electron chi connectivity index (χ3n) is 15.1. The number of ketones is 3. The summed E-state index contributed by atoms with van der Waals surface area (Å²) in [6.07, 6.45) is -2.06. The molecule has 14 N–H and O–H groups in total. The van der Waals surface area contributed by atoms with Gasteiger partial charge in [-0.05, 0) is 87.3 Å². The molecule has 4 fully saturated rings. The predicted octanol–water partition coefficient (Wildman–Crippen LogP) is 0.206. The lowest BCUT2D eigenvalue weighted by molar-refractivity contribution is -0.142. The van der Waals surface area contributed by atoms with Crippen LogP contribution in [0.2, 0.25) is 0 Å². The number of hydrogen-bond donors (Lipinski definition) is 13. The Bertz CT molecular complexity index is 2720. The number of aldehydes is 1. The van der Waals surface area contributed by atoms with Crippen molar-refractivity contribution in [3.8, 4) is 11.5 Å². The molecule has 4 aliphatic rings. The molecule has 472 valence electrons. The summed E-state index contributed by atoms with van der Waals surface area (Å²) in [6.45, 7) is 2.04. The first-order valence-corrected chi connectivity index (χ1v) is 35.5. The van der Waals surface area contributed by atoms with E-state index in [1.807, 2.05) is 0 Å². The van der Waals surface area contributed by atoms with Crippen LogP contribution in [0.15, 0.2) is 48.5 Å². The Morgan fingerprint density at radius 1 is 0.744 bits per heavy atom. The summed E-state index contributed by atoms with van der Waals surface area (Å²) in [6, 6.07) is -2.45. The topological polar surface area (TPSA) is 402 Å². The van der Waals surface area contributed by atoms with E-state index in [4.69, 9.17) is 5.73 Å². The van der Waals surface area contributed by atoms with Gasteiger partial charge in [0.15, 0.2) is 17.3 Å². The lowest BCUT2D eigenvalue weighted by Crippen LogP contribution is -2.61. The van der Waals surface area contributed by atoms with Crippen molar-refractivity contribution in [2.45, 2.75) is 138 Å². The summed E-state index contributed by atoms with van der Waals surface area (Å²) in [5, 5.41) is 72.6. The second-order valence-electron chi connectivity index (χ2n) is 21.5. The minimum atomic E-state index is -1.58.